The third-order valence-corrected chi connectivity index (χ3v) is 7.70. The number of benzene rings is 2. The lowest BCUT2D eigenvalue weighted by atomic mass is 10.0. The average molecular weight is 632 g/mol. The van der Waals surface area contributed by atoms with Crippen LogP contribution in [0.1, 0.15) is 69.6 Å². The highest BCUT2D eigenvalue weighted by Crippen LogP contribution is 2.30. The molecule has 3 unspecified atom stereocenters. The second-order valence-electron chi connectivity index (χ2n) is 11.9. The van der Waals surface area contributed by atoms with Crippen LogP contribution in [0.5, 0.6) is 0 Å². The molecule has 46 heavy (non-hydrogen) atoms. The number of hydrogen-bond donors (Lipinski definition) is 1. The molecule has 0 bridgehead atoms. The van der Waals surface area contributed by atoms with Crippen molar-refractivity contribution in [2.24, 2.45) is 10.9 Å². The molecule has 2 heterocycles. The Morgan fingerprint density at radius 1 is 1.09 bits per heavy atom. The maximum atomic E-state index is 12.7. The summed E-state index contributed by atoms with van der Waals surface area (Å²) in [6, 6.07) is 17.7. The van der Waals surface area contributed by atoms with Gasteiger partial charge in [0.25, 0.3) is 0 Å². The van der Waals surface area contributed by atoms with Gasteiger partial charge in [-0.25, -0.2) is 4.79 Å². The third-order valence-electron chi connectivity index (χ3n) is 7.70. The Hall–Kier alpha value is -4.44. The number of ether oxygens (including phenoxy) is 4. The quantitative estimate of drug-likeness (QED) is 0.142. The monoisotopic (exact) mass is 631 g/mol. The van der Waals surface area contributed by atoms with Crippen molar-refractivity contribution in [3.8, 4) is 0 Å². The SMILES string of the molecule is CCCCCc1ccc(C2=C/C(=C/N(C=O)C3CC(OC(=O)NCc4ccccc4)C(COC(=O)CC(C)C)O3)C(=NC)O2)cc1. The summed E-state index contributed by atoms with van der Waals surface area (Å²) in [6.07, 6.45) is 6.11. The van der Waals surface area contributed by atoms with E-state index < -0.39 is 24.5 Å². The zero-order valence-electron chi connectivity index (χ0n) is 27.1. The zero-order chi connectivity index (χ0) is 32.9. The van der Waals surface area contributed by atoms with E-state index >= 15 is 0 Å². The Morgan fingerprint density at radius 2 is 1.85 bits per heavy atom. The van der Waals surface area contributed by atoms with Crippen LogP contribution in [0.25, 0.3) is 5.76 Å². The molecule has 2 amide bonds. The number of carbonyl (C=O) groups excluding carboxylic acids is 3. The van der Waals surface area contributed by atoms with Crippen LogP contribution in [0, 0.1) is 5.92 Å². The minimum Gasteiger partial charge on any atom is -0.463 e. The molecular formula is C36H45N3O7. The van der Waals surface area contributed by atoms with Gasteiger partial charge < -0.3 is 24.3 Å². The fraction of sp³-hybridized carbons (Fsp3) is 0.444. The van der Waals surface area contributed by atoms with Crippen molar-refractivity contribution in [1.29, 1.82) is 0 Å². The van der Waals surface area contributed by atoms with Crippen LogP contribution in [0.2, 0.25) is 0 Å². The summed E-state index contributed by atoms with van der Waals surface area (Å²) in [6.45, 7) is 6.20. The molecule has 2 aromatic rings. The lowest BCUT2D eigenvalue weighted by Gasteiger charge is -2.21. The van der Waals surface area contributed by atoms with Gasteiger partial charge in [0.1, 0.15) is 30.8 Å². The van der Waals surface area contributed by atoms with Gasteiger partial charge >= 0.3 is 12.1 Å². The van der Waals surface area contributed by atoms with Crippen LogP contribution in [-0.2, 0) is 41.5 Å². The second-order valence-corrected chi connectivity index (χ2v) is 11.9. The largest absolute Gasteiger partial charge is 0.463 e. The standard InChI is InChI=1S/C36H45N3O7/c1-5-6-8-11-26-14-16-28(17-15-26)30-19-29(35(37-4)45-30)22-39(24-40)33-20-31(32(44-33)23-43-34(41)18-25(2)3)46-36(42)38-21-27-12-9-7-10-13-27/h7,9-10,12-17,19,22,24-25,31-33H,5-6,8,11,18,20-21,23H2,1-4H3,(H,38,42)/b29-22-,37-35?. The first-order valence-corrected chi connectivity index (χ1v) is 16.0. The van der Waals surface area contributed by atoms with Crippen LogP contribution in [0.4, 0.5) is 4.79 Å². The van der Waals surface area contributed by atoms with Crippen LogP contribution < -0.4 is 5.32 Å². The van der Waals surface area contributed by atoms with Crippen molar-refractivity contribution < 1.29 is 33.3 Å². The fourth-order valence-electron chi connectivity index (χ4n) is 5.24. The van der Waals surface area contributed by atoms with E-state index in [9.17, 15) is 14.4 Å². The maximum absolute atomic E-state index is 12.7. The summed E-state index contributed by atoms with van der Waals surface area (Å²) in [5, 5.41) is 2.74. The minimum absolute atomic E-state index is 0.120. The van der Waals surface area contributed by atoms with Crippen molar-refractivity contribution in [3.63, 3.8) is 0 Å². The molecule has 2 aliphatic rings. The van der Waals surface area contributed by atoms with Crippen LogP contribution in [0.15, 0.2) is 77.4 Å². The molecule has 2 aromatic carbocycles. The predicted octanol–water partition coefficient (Wildman–Crippen LogP) is 6.16. The number of nitrogens with zero attached hydrogens (tertiary/aromatic N) is 2. The van der Waals surface area contributed by atoms with Gasteiger partial charge in [0, 0.05) is 38.2 Å². The van der Waals surface area contributed by atoms with Gasteiger partial charge in [0.2, 0.25) is 12.3 Å². The highest BCUT2D eigenvalue weighted by Gasteiger charge is 2.41. The first-order chi connectivity index (χ1) is 22.3. The van der Waals surface area contributed by atoms with Gasteiger partial charge in [0.15, 0.2) is 0 Å². The molecule has 2 aliphatic heterocycles. The van der Waals surface area contributed by atoms with E-state index in [1.54, 1.807) is 13.2 Å². The number of aryl methyl sites for hydroxylation is 1. The molecule has 0 saturated carbocycles. The number of aliphatic imine (C=N–C) groups is 1. The molecule has 1 fully saturated rings. The Labute approximate surface area is 271 Å². The molecule has 4 rings (SSSR count). The molecule has 10 heteroatoms. The van der Waals surface area contributed by atoms with Crippen molar-refractivity contribution in [3.05, 3.63) is 89.1 Å². The van der Waals surface area contributed by atoms with Crippen molar-refractivity contribution in [2.45, 2.75) is 84.3 Å². The van der Waals surface area contributed by atoms with Gasteiger partial charge in [-0.3, -0.25) is 19.5 Å². The molecule has 0 aliphatic carbocycles. The van der Waals surface area contributed by atoms with E-state index in [4.69, 9.17) is 18.9 Å². The highest BCUT2D eigenvalue weighted by molar-refractivity contribution is 6.05. The number of unbranched alkanes of at least 4 members (excludes halogenated alkanes) is 2. The molecule has 1 N–H and O–H groups in total. The van der Waals surface area contributed by atoms with Crippen LogP contribution in [0.3, 0.4) is 0 Å². The number of esters is 1. The van der Waals surface area contributed by atoms with Crippen molar-refractivity contribution in [2.75, 3.05) is 13.7 Å². The maximum Gasteiger partial charge on any atom is 0.407 e. The smallest absolute Gasteiger partial charge is 0.407 e. The highest BCUT2D eigenvalue weighted by atomic mass is 16.6. The molecular weight excluding hydrogens is 586 g/mol. The molecule has 246 valence electrons. The summed E-state index contributed by atoms with van der Waals surface area (Å²) in [7, 11) is 1.62. The Kier molecular flexibility index (Phi) is 13.0. The topological polar surface area (TPSA) is 116 Å². The average Bonchev–Trinajstić information content (AvgIpc) is 3.65. The lowest BCUT2D eigenvalue weighted by molar-refractivity contribution is -0.152. The van der Waals surface area contributed by atoms with Crippen LogP contribution in [-0.4, -0.2) is 61.4 Å². The molecule has 1 saturated heterocycles. The fourth-order valence-corrected chi connectivity index (χ4v) is 5.24. The summed E-state index contributed by atoms with van der Waals surface area (Å²) < 4.78 is 23.4. The van der Waals surface area contributed by atoms with E-state index in [1.165, 1.54) is 23.3 Å². The molecule has 0 aromatic heterocycles. The normalized spacial score (nSPS) is 20.8. The first kappa shape index (κ1) is 34.4. The third kappa shape index (κ3) is 10.0. The number of hydrogen-bond acceptors (Lipinski definition) is 8. The first-order valence-electron chi connectivity index (χ1n) is 16.0. The summed E-state index contributed by atoms with van der Waals surface area (Å²) >= 11 is 0. The number of rotatable bonds is 15. The van der Waals surface area contributed by atoms with E-state index in [2.05, 4.69) is 29.4 Å². The summed E-state index contributed by atoms with van der Waals surface area (Å²) in [5.41, 5.74) is 3.68. The van der Waals surface area contributed by atoms with E-state index in [0.717, 1.165) is 24.0 Å². The van der Waals surface area contributed by atoms with Crippen molar-refractivity contribution >= 4 is 30.1 Å². The Bertz CT molecular complexity index is 1400. The van der Waals surface area contributed by atoms with E-state index in [0.29, 0.717) is 23.6 Å². The molecule has 0 radical (unpaired) electrons. The summed E-state index contributed by atoms with van der Waals surface area (Å²) in [4.78, 5) is 43.0. The number of amides is 2. The Balaban J connectivity index is 1.46. The van der Waals surface area contributed by atoms with Crippen molar-refractivity contribution in [1.82, 2.24) is 10.2 Å². The lowest BCUT2D eigenvalue weighted by Crippen LogP contribution is -2.35. The second kappa shape index (κ2) is 17.3. The summed E-state index contributed by atoms with van der Waals surface area (Å²) in [5.74, 6) is 0.736. The van der Waals surface area contributed by atoms with Gasteiger partial charge in [-0.15, -0.1) is 0 Å². The Morgan fingerprint density at radius 3 is 2.52 bits per heavy atom. The molecule has 0 spiro atoms. The van der Waals surface area contributed by atoms with E-state index in [-0.39, 0.29) is 37.9 Å². The predicted molar refractivity (Wildman–Crippen MR) is 175 cm³/mol. The zero-order valence-corrected chi connectivity index (χ0v) is 27.1. The van der Waals surface area contributed by atoms with Crippen LogP contribution >= 0.6 is 0 Å². The molecule has 10 nitrogen and oxygen atoms in total. The van der Waals surface area contributed by atoms with Gasteiger partial charge in [-0.1, -0.05) is 88.2 Å². The van der Waals surface area contributed by atoms with Gasteiger partial charge in [-0.2, -0.15) is 0 Å². The van der Waals surface area contributed by atoms with E-state index in [1.807, 2.05) is 62.4 Å². The molecule has 3 atom stereocenters. The number of alkyl carbamates (subject to hydrolysis) is 1. The number of carbonyl (C=O) groups is 3. The van der Waals surface area contributed by atoms with Gasteiger partial charge in [0.05, 0.1) is 5.57 Å². The van der Waals surface area contributed by atoms with Gasteiger partial charge in [-0.05, 0) is 36.0 Å². The minimum atomic E-state index is -0.788. The number of nitrogens with one attached hydrogen (secondary N) is 1.